The van der Waals surface area contributed by atoms with E-state index in [1.165, 1.54) is 12.1 Å². The van der Waals surface area contributed by atoms with E-state index in [1.807, 2.05) is 103 Å². The van der Waals surface area contributed by atoms with Crippen LogP contribution in [0, 0.1) is 10.1 Å². The van der Waals surface area contributed by atoms with Gasteiger partial charge in [-0.3, -0.25) is 10.1 Å². The number of nitro benzene ring substituents is 1. The van der Waals surface area contributed by atoms with E-state index < -0.39 is 4.92 Å². The standard InChI is InChI=1S/C31H26N6O2S/c1-2-32-31(40)34-28-16-10-9-15-27(28)33-30-26(21-22-17-19-25(20-18-22)37(38)39)29(23-11-5-3-6-12-23)35-36(30)24-13-7-4-8-14-24/h3-21H,2H2,1H3,(H2,32,34,40)/b26-21+,33-30?. The summed E-state index contributed by atoms with van der Waals surface area (Å²) in [6, 6.07) is 33.8. The molecule has 4 aromatic rings. The van der Waals surface area contributed by atoms with Crippen molar-refractivity contribution in [3.05, 3.63) is 136 Å². The quantitative estimate of drug-likeness (QED) is 0.148. The Balaban J connectivity index is 1.69. The van der Waals surface area contributed by atoms with Gasteiger partial charge in [-0.15, -0.1) is 0 Å². The Morgan fingerprint density at radius 2 is 1.60 bits per heavy atom. The molecule has 1 aliphatic heterocycles. The number of thiocarbonyl (C=S) groups is 1. The second-order valence-electron chi connectivity index (χ2n) is 8.81. The first-order valence-electron chi connectivity index (χ1n) is 12.7. The van der Waals surface area contributed by atoms with Gasteiger partial charge in [-0.1, -0.05) is 60.7 Å². The number of hydrogen-bond acceptors (Lipinski definition) is 5. The van der Waals surface area contributed by atoms with Crippen molar-refractivity contribution in [3.63, 3.8) is 0 Å². The topological polar surface area (TPSA) is 95.2 Å². The third-order valence-electron chi connectivity index (χ3n) is 6.08. The lowest BCUT2D eigenvalue weighted by Crippen LogP contribution is -2.28. The molecule has 0 amide bonds. The third-order valence-corrected chi connectivity index (χ3v) is 6.32. The Morgan fingerprint density at radius 1 is 0.950 bits per heavy atom. The maximum Gasteiger partial charge on any atom is 0.269 e. The summed E-state index contributed by atoms with van der Waals surface area (Å²) in [4.78, 5) is 15.9. The number of anilines is 2. The van der Waals surface area contributed by atoms with Gasteiger partial charge in [0.2, 0.25) is 0 Å². The molecule has 0 unspecified atom stereocenters. The van der Waals surface area contributed by atoms with Crippen LogP contribution >= 0.6 is 12.2 Å². The summed E-state index contributed by atoms with van der Waals surface area (Å²) >= 11 is 5.44. The Labute approximate surface area is 237 Å². The summed E-state index contributed by atoms with van der Waals surface area (Å²) in [5.41, 5.74) is 5.50. The number of nitrogens with zero attached hydrogens (tertiary/aromatic N) is 4. The van der Waals surface area contributed by atoms with Crippen molar-refractivity contribution >= 4 is 57.7 Å². The Bertz CT molecular complexity index is 1620. The Hall–Kier alpha value is -5.15. The van der Waals surface area contributed by atoms with Gasteiger partial charge in [0, 0.05) is 29.8 Å². The van der Waals surface area contributed by atoms with Crippen LogP contribution in [0.25, 0.3) is 6.08 Å². The minimum atomic E-state index is -0.408. The molecular weight excluding hydrogens is 520 g/mol. The average Bonchev–Trinajstić information content (AvgIpc) is 3.33. The number of aliphatic imine (C=N–C) groups is 1. The molecule has 9 heteroatoms. The minimum Gasteiger partial charge on any atom is -0.363 e. The number of hydrazone groups is 1. The molecule has 4 aromatic carbocycles. The summed E-state index contributed by atoms with van der Waals surface area (Å²) in [5, 5.41) is 24.9. The zero-order chi connectivity index (χ0) is 27.9. The number of nitro groups is 1. The van der Waals surface area contributed by atoms with Gasteiger partial charge in [-0.2, -0.15) is 5.10 Å². The van der Waals surface area contributed by atoms with Crippen LogP contribution in [0.1, 0.15) is 18.1 Å². The largest absolute Gasteiger partial charge is 0.363 e. The summed E-state index contributed by atoms with van der Waals surface area (Å²) in [6.45, 7) is 2.68. The lowest BCUT2D eigenvalue weighted by Gasteiger charge is -2.17. The predicted molar refractivity (Wildman–Crippen MR) is 166 cm³/mol. The van der Waals surface area contributed by atoms with E-state index in [1.54, 1.807) is 12.1 Å². The zero-order valence-electron chi connectivity index (χ0n) is 21.7. The monoisotopic (exact) mass is 546 g/mol. The molecule has 198 valence electrons. The fourth-order valence-corrected chi connectivity index (χ4v) is 4.45. The number of amidine groups is 1. The molecule has 0 atom stereocenters. The van der Waals surface area contributed by atoms with Gasteiger partial charge in [0.05, 0.1) is 22.0 Å². The van der Waals surface area contributed by atoms with E-state index in [0.29, 0.717) is 23.2 Å². The summed E-state index contributed by atoms with van der Waals surface area (Å²) in [6.07, 6.45) is 1.96. The van der Waals surface area contributed by atoms with E-state index in [2.05, 4.69) is 10.6 Å². The molecule has 0 radical (unpaired) electrons. The molecule has 0 saturated heterocycles. The number of para-hydroxylation sites is 3. The van der Waals surface area contributed by atoms with Crippen molar-refractivity contribution in [1.82, 2.24) is 5.32 Å². The molecule has 2 N–H and O–H groups in total. The maximum absolute atomic E-state index is 11.2. The molecule has 1 aliphatic rings. The lowest BCUT2D eigenvalue weighted by molar-refractivity contribution is -0.384. The number of nitrogens with one attached hydrogen (secondary N) is 2. The number of non-ortho nitro benzene ring substituents is 1. The normalized spacial score (nSPS) is 14.7. The van der Waals surface area contributed by atoms with Gasteiger partial charge in [-0.25, -0.2) is 10.0 Å². The van der Waals surface area contributed by atoms with Crippen molar-refractivity contribution in [3.8, 4) is 0 Å². The molecule has 0 fully saturated rings. The fourth-order valence-electron chi connectivity index (χ4n) is 4.20. The van der Waals surface area contributed by atoms with Gasteiger partial charge in [0.1, 0.15) is 5.71 Å². The van der Waals surface area contributed by atoms with E-state index in [9.17, 15) is 10.1 Å². The molecule has 5 rings (SSSR count). The van der Waals surface area contributed by atoms with E-state index in [0.717, 1.165) is 33.8 Å². The van der Waals surface area contributed by atoms with Crippen LogP contribution in [0.15, 0.2) is 125 Å². The Kier molecular flexibility index (Phi) is 8.03. The molecule has 0 saturated carbocycles. The highest BCUT2D eigenvalue weighted by atomic mass is 32.1. The summed E-state index contributed by atoms with van der Waals surface area (Å²) in [5.74, 6) is 0.604. The van der Waals surface area contributed by atoms with Gasteiger partial charge in [0.25, 0.3) is 5.69 Å². The second-order valence-corrected chi connectivity index (χ2v) is 9.21. The third kappa shape index (κ3) is 5.95. The van der Waals surface area contributed by atoms with Gasteiger partial charge < -0.3 is 10.6 Å². The van der Waals surface area contributed by atoms with Crippen molar-refractivity contribution in [2.75, 3.05) is 16.9 Å². The predicted octanol–water partition coefficient (Wildman–Crippen LogP) is 6.94. The first kappa shape index (κ1) is 26.5. The van der Waals surface area contributed by atoms with E-state index in [4.69, 9.17) is 22.3 Å². The maximum atomic E-state index is 11.2. The van der Waals surface area contributed by atoms with Crippen LogP contribution in [-0.2, 0) is 0 Å². The number of benzene rings is 4. The van der Waals surface area contributed by atoms with Crippen molar-refractivity contribution in [2.45, 2.75) is 6.92 Å². The molecular formula is C31H26N6O2S. The van der Waals surface area contributed by atoms with Crippen LogP contribution < -0.4 is 15.6 Å². The van der Waals surface area contributed by atoms with Crippen LogP contribution in [0.3, 0.4) is 0 Å². The fraction of sp³-hybridized carbons (Fsp3) is 0.0645. The number of rotatable bonds is 7. The molecule has 0 bridgehead atoms. The van der Waals surface area contributed by atoms with Crippen LogP contribution in [0.5, 0.6) is 0 Å². The summed E-state index contributed by atoms with van der Waals surface area (Å²) in [7, 11) is 0. The van der Waals surface area contributed by atoms with Crippen LogP contribution in [-0.4, -0.2) is 28.1 Å². The van der Waals surface area contributed by atoms with Crippen LogP contribution in [0.4, 0.5) is 22.7 Å². The Morgan fingerprint density at radius 3 is 2.27 bits per heavy atom. The highest BCUT2D eigenvalue weighted by Crippen LogP contribution is 2.33. The minimum absolute atomic E-state index is 0.0296. The average molecular weight is 547 g/mol. The number of hydrogen-bond donors (Lipinski definition) is 2. The van der Waals surface area contributed by atoms with Crippen molar-refractivity contribution in [1.29, 1.82) is 0 Å². The summed E-state index contributed by atoms with van der Waals surface area (Å²) < 4.78 is 0. The molecule has 40 heavy (non-hydrogen) atoms. The van der Waals surface area contributed by atoms with Gasteiger partial charge in [-0.05, 0) is 67.2 Å². The smallest absolute Gasteiger partial charge is 0.269 e. The SMILES string of the molecule is CCNC(=S)Nc1ccccc1N=C1/C(=C/c2ccc([N+](=O)[O-])cc2)C(c2ccccc2)=NN1c1ccccc1. The highest BCUT2D eigenvalue weighted by Gasteiger charge is 2.30. The molecule has 8 nitrogen and oxygen atoms in total. The van der Waals surface area contributed by atoms with Gasteiger partial charge >= 0.3 is 0 Å². The molecule has 0 aromatic heterocycles. The second kappa shape index (κ2) is 12.1. The molecule has 0 spiro atoms. The lowest BCUT2D eigenvalue weighted by atomic mass is 9.99. The highest BCUT2D eigenvalue weighted by molar-refractivity contribution is 7.80. The van der Waals surface area contributed by atoms with Crippen molar-refractivity contribution < 1.29 is 4.92 Å². The van der Waals surface area contributed by atoms with E-state index >= 15 is 0 Å². The molecule has 0 aliphatic carbocycles. The van der Waals surface area contributed by atoms with Gasteiger partial charge in [0.15, 0.2) is 10.9 Å². The first-order valence-corrected chi connectivity index (χ1v) is 13.1. The first-order chi connectivity index (χ1) is 19.5. The van der Waals surface area contributed by atoms with Crippen LogP contribution in [0.2, 0.25) is 0 Å². The zero-order valence-corrected chi connectivity index (χ0v) is 22.5. The molecule has 1 heterocycles. The van der Waals surface area contributed by atoms with Crippen molar-refractivity contribution in [2.24, 2.45) is 10.1 Å². The van der Waals surface area contributed by atoms with E-state index in [-0.39, 0.29) is 5.69 Å².